The number of hydrogen-bond donors (Lipinski definition) is 1. The Bertz CT molecular complexity index is 433. The summed E-state index contributed by atoms with van der Waals surface area (Å²) in [5.74, 6) is 1.82. The predicted molar refractivity (Wildman–Crippen MR) is 84.9 cm³/mol. The van der Waals surface area contributed by atoms with E-state index < -0.39 is 0 Å². The van der Waals surface area contributed by atoms with Crippen molar-refractivity contribution in [3.05, 3.63) is 23.8 Å². The summed E-state index contributed by atoms with van der Waals surface area (Å²) in [7, 11) is 3.66. The van der Waals surface area contributed by atoms with Crippen LogP contribution in [-0.2, 0) is 5.41 Å². The van der Waals surface area contributed by atoms with Gasteiger partial charge in [0.1, 0.15) is 11.5 Å². The Morgan fingerprint density at radius 1 is 1.10 bits per heavy atom. The van der Waals surface area contributed by atoms with E-state index in [9.17, 15) is 0 Å². The molecule has 0 aromatic heterocycles. The van der Waals surface area contributed by atoms with Crippen molar-refractivity contribution >= 4 is 0 Å². The van der Waals surface area contributed by atoms with Crippen LogP contribution in [0.25, 0.3) is 0 Å². The van der Waals surface area contributed by atoms with Crippen molar-refractivity contribution in [2.75, 3.05) is 27.3 Å². The van der Waals surface area contributed by atoms with Crippen molar-refractivity contribution in [1.82, 2.24) is 5.32 Å². The van der Waals surface area contributed by atoms with Crippen LogP contribution in [0, 0.1) is 5.41 Å². The third-order valence-electron chi connectivity index (χ3n) is 3.27. The van der Waals surface area contributed by atoms with E-state index in [0.29, 0.717) is 6.61 Å². The van der Waals surface area contributed by atoms with Crippen molar-refractivity contribution in [2.45, 2.75) is 40.0 Å². The van der Waals surface area contributed by atoms with Gasteiger partial charge < -0.3 is 14.8 Å². The summed E-state index contributed by atoms with van der Waals surface area (Å²) in [6, 6.07) is 6.03. The van der Waals surface area contributed by atoms with Gasteiger partial charge in [0, 0.05) is 17.5 Å². The highest BCUT2D eigenvalue weighted by Crippen LogP contribution is 2.35. The molecule has 0 bridgehead atoms. The lowest BCUT2D eigenvalue weighted by Crippen LogP contribution is -2.32. The standard InChI is InChI=1S/C17H29NO2/c1-16(2,3)14-10-13(19-7)8-9-15(14)20-12-17(4,5)11-18-6/h8-10,18H,11-12H2,1-7H3. The van der Waals surface area contributed by atoms with Crippen LogP contribution in [0.4, 0.5) is 0 Å². The van der Waals surface area contributed by atoms with Crippen LogP contribution in [0.15, 0.2) is 18.2 Å². The summed E-state index contributed by atoms with van der Waals surface area (Å²) in [5, 5.41) is 3.21. The average molecular weight is 279 g/mol. The van der Waals surface area contributed by atoms with E-state index in [4.69, 9.17) is 9.47 Å². The molecule has 0 fully saturated rings. The molecule has 3 nitrogen and oxygen atoms in total. The van der Waals surface area contributed by atoms with Gasteiger partial charge in [0.25, 0.3) is 0 Å². The average Bonchev–Trinajstić information content (AvgIpc) is 2.35. The van der Waals surface area contributed by atoms with Gasteiger partial charge >= 0.3 is 0 Å². The number of benzene rings is 1. The Labute approximate surface area is 123 Å². The highest BCUT2D eigenvalue weighted by atomic mass is 16.5. The molecule has 0 aliphatic rings. The number of ether oxygens (including phenoxy) is 2. The van der Waals surface area contributed by atoms with E-state index in [-0.39, 0.29) is 10.8 Å². The minimum Gasteiger partial charge on any atom is -0.497 e. The summed E-state index contributed by atoms with van der Waals surface area (Å²) >= 11 is 0. The first-order valence-electron chi connectivity index (χ1n) is 7.15. The molecule has 0 radical (unpaired) electrons. The largest absolute Gasteiger partial charge is 0.497 e. The Balaban J connectivity index is 2.95. The lowest BCUT2D eigenvalue weighted by atomic mass is 9.86. The molecule has 114 valence electrons. The summed E-state index contributed by atoms with van der Waals surface area (Å²) in [5.41, 5.74) is 1.30. The number of nitrogens with one attached hydrogen (secondary N) is 1. The number of methoxy groups -OCH3 is 1. The van der Waals surface area contributed by atoms with Crippen LogP contribution in [0.2, 0.25) is 0 Å². The predicted octanol–water partition coefficient (Wildman–Crippen LogP) is 3.62. The van der Waals surface area contributed by atoms with Gasteiger partial charge in [-0.2, -0.15) is 0 Å². The molecule has 0 aliphatic heterocycles. The fourth-order valence-corrected chi connectivity index (χ4v) is 2.15. The van der Waals surface area contributed by atoms with Crippen molar-refractivity contribution in [1.29, 1.82) is 0 Å². The van der Waals surface area contributed by atoms with Crippen molar-refractivity contribution in [3.8, 4) is 11.5 Å². The molecule has 0 aliphatic carbocycles. The van der Waals surface area contributed by atoms with Gasteiger partial charge in [-0.25, -0.2) is 0 Å². The van der Waals surface area contributed by atoms with Crippen LogP contribution in [-0.4, -0.2) is 27.3 Å². The quantitative estimate of drug-likeness (QED) is 0.863. The van der Waals surface area contributed by atoms with Crippen molar-refractivity contribution < 1.29 is 9.47 Å². The lowest BCUT2D eigenvalue weighted by molar-refractivity contribution is 0.176. The molecule has 0 atom stereocenters. The number of rotatable bonds is 6. The van der Waals surface area contributed by atoms with E-state index in [1.807, 2.05) is 19.2 Å². The highest BCUT2D eigenvalue weighted by Gasteiger charge is 2.23. The Morgan fingerprint density at radius 3 is 2.25 bits per heavy atom. The monoisotopic (exact) mass is 279 g/mol. The summed E-state index contributed by atoms with van der Waals surface area (Å²) < 4.78 is 11.4. The van der Waals surface area contributed by atoms with Gasteiger partial charge in [-0.15, -0.1) is 0 Å². The van der Waals surface area contributed by atoms with E-state index >= 15 is 0 Å². The molecule has 1 aromatic carbocycles. The van der Waals surface area contributed by atoms with Gasteiger partial charge in [-0.3, -0.25) is 0 Å². The van der Waals surface area contributed by atoms with E-state index in [1.165, 1.54) is 5.56 Å². The van der Waals surface area contributed by atoms with E-state index in [0.717, 1.165) is 18.0 Å². The van der Waals surface area contributed by atoms with Crippen LogP contribution in [0.5, 0.6) is 11.5 Å². The molecule has 1 rings (SSSR count). The molecule has 0 saturated carbocycles. The van der Waals surface area contributed by atoms with Gasteiger partial charge in [-0.05, 0) is 30.7 Å². The normalized spacial score (nSPS) is 12.3. The Kier molecular flexibility index (Phi) is 5.46. The summed E-state index contributed by atoms with van der Waals surface area (Å²) in [6.45, 7) is 12.6. The zero-order chi connectivity index (χ0) is 15.4. The van der Waals surface area contributed by atoms with Gasteiger partial charge in [0.05, 0.1) is 13.7 Å². The zero-order valence-corrected chi connectivity index (χ0v) is 14.0. The SMILES string of the molecule is CNCC(C)(C)COc1ccc(OC)cc1C(C)(C)C. The van der Waals surface area contributed by atoms with E-state index in [2.05, 4.69) is 46.0 Å². The minimum absolute atomic E-state index is 0.0248. The molecule has 0 heterocycles. The van der Waals surface area contributed by atoms with E-state index in [1.54, 1.807) is 7.11 Å². The Hall–Kier alpha value is -1.22. The number of hydrogen-bond acceptors (Lipinski definition) is 3. The summed E-state index contributed by atoms with van der Waals surface area (Å²) in [6.07, 6.45) is 0. The van der Waals surface area contributed by atoms with Crippen molar-refractivity contribution in [2.24, 2.45) is 5.41 Å². The molecule has 0 unspecified atom stereocenters. The molecule has 20 heavy (non-hydrogen) atoms. The maximum Gasteiger partial charge on any atom is 0.123 e. The maximum absolute atomic E-state index is 6.08. The second-order valence-electron chi connectivity index (χ2n) is 7.10. The summed E-state index contributed by atoms with van der Waals surface area (Å²) in [4.78, 5) is 0. The third kappa shape index (κ3) is 4.71. The fourth-order valence-electron chi connectivity index (χ4n) is 2.15. The molecule has 1 aromatic rings. The molecular formula is C17H29NO2. The van der Waals surface area contributed by atoms with Gasteiger partial charge in [0.2, 0.25) is 0 Å². The molecule has 0 saturated heterocycles. The first-order valence-corrected chi connectivity index (χ1v) is 7.15. The van der Waals surface area contributed by atoms with Crippen LogP contribution in [0.1, 0.15) is 40.2 Å². The maximum atomic E-state index is 6.08. The molecule has 3 heteroatoms. The van der Waals surface area contributed by atoms with Crippen LogP contribution in [0.3, 0.4) is 0 Å². The second kappa shape index (κ2) is 6.49. The first-order chi connectivity index (χ1) is 9.19. The fraction of sp³-hybridized carbons (Fsp3) is 0.647. The van der Waals surface area contributed by atoms with Gasteiger partial charge in [-0.1, -0.05) is 34.6 Å². The minimum atomic E-state index is 0.0248. The molecule has 0 amide bonds. The lowest BCUT2D eigenvalue weighted by Gasteiger charge is -2.28. The second-order valence-corrected chi connectivity index (χ2v) is 7.10. The zero-order valence-electron chi connectivity index (χ0n) is 14.0. The molecule has 0 spiro atoms. The molecule has 1 N–H and O–H groups in total. The highest BCUT2D eigenvalue weighted by molar-refractivity contribution is 5.44. The van der Waals surface area contributed by atoms with Crippen molar-refractivity contribution in [3.63, 3.8) is 0 Å². The van der Waals surface area contributed by atoms with Crippen LogP contribution < -0.4 is 14.8 Å². The molecular weight excluding hydrogens is 250 g/mol. The Morgan fingerprint density at radius 2 is 1.75 bits per heavy atom. The smallest absolute Gasteiger partial charge is 0.123 e. The third-order valence-corrected chi connectivity index (χ3v) is 3.27. The van der Waals surface area contributed by atoms with Crippen LogP contribution >= 0.6 is 0 Å². The first kappa shape index (κ1) is 16.8. The van der Waals surface area contributed by atoms with Gasteiger partial charge in [0.15, 0.2) is 0 Å². The topological polar surface area (TPSA) is 30.5 Å².